The van der Waals surface area contributed by atoms with Crippen LogP contribution in [-0.2, 0) is 9.59 Å². The van der Waals surface area contributed by atoms with Gasteiger partial charge in [0, 0.05) is 4.88 Å². The third-order valence-electron chi connectivity index (χ3n) is 3.45. The Balaban J connectivity index is 1.92. The van der Waals surface area contributed by atoms with Gasteiger partial charge in [-0.25, -0.2) is 0 Å². The van der Waals surface area contributed by atoms with E-state index in [9.17, 15) is 9.59 Å². The predicted molar refractivity (Wildman–Crippen MR) is 94.9 cm³/mol. The third kappa shape index (κ3) is 3.49. The number of carbonyl (C=O) groups excluding carboxylic acids is 2. The van der Waals surface area contributed by atoms with Crippen LogP contribution < -0.4 is 20.5 Å². The zero-order valence-electron chi connectivity index (χ0n) is 12.9. The van der Waals surface area contributed by atoms with Crippen LogP contribution in [0.2, 0.25) is 0 Å². The van der Waals surface area contributed by atoms with Gasteiger partial charge in [0.25, 0.3) is 5.91 Å². The molecule has 8 heteroatoms. The maximum Gasteiger partial charge on any atom is 0.255 e. The summed E-state index contributed by atoms with van der Waals surface area (Å²) in [6.07, 6.45) is 0. The first-order valence-electron chi connectivity index (χ1n) is 7.16. The molecule has 3 rings (SSSR count). The van der Waals surface area contributed by atoms with Crippen molar-refractivity contribution in [2.45, 2.75) is 5.25 Å². The molecule has 2 aromatic rings. The number of rotatable bonds is 5. The highest BCUT2D eigenvalue weighted by Crippen LogP contribution is 2.45. The molecule has 1 aromatic heterocycles. The number of benzene rings is 1. The molecular weight excluding hydrogens is 348 g/mol. The van der Waals surface area contributed by atoms with Crippen LogP contribution in [-0.4, -0.2) is 31.3 Å². The van der Waals surface area contributed by atoms with E-state index in [4.69, 9.17) is 15.2 Å². The van der Waals surface area contributed by atoms with Crippen LogP contribution in [0.4, 0.5) is 5.69 Å². The van der Waals surface area contributed by atoms with Gasteiger partial charge in [0.05, 0.1) is 23.8 Å². The second-order valence-electron chi connectivity index (χ2n) is 5.10. The van der Waals surface area contributed by atoms with Crippen LogP contribution in [0.25, 0.3) is 0 Å². The summed E-state index contributed by atoms with van der Waals surface area (Å²) in [6, 6.07) is 7.45. The van der Waals surface area contributed by atoms with E-state index in [1.165, 1.54) is 7.11 Å². The summed E-state index contributed by atoms with van der Waals surface area (Å²) in [7, 11) is 1.54. The molecular formula is C16H16N2O4S2. The summed E-state index contributed by atoms with van der Waals surface area (Å²) >= 11 is 3.17. The average molecular weight is 364 g/mol. The SMILES string of the molecule is COc1cc(C2SCC(=O)Nc3ccsc32)ccc1OCC(N)=O. The number of amides is 2. The van der Waals surface area contributed by atoms with Crippen molar-refractivity contribution < 1.29 is 19.1 Å². The summed E-state index contributed by atoms with van der Waals surface area (Å²) in [5, 5.41) is 4.91. The molecule has 0 radical (unpaired) electrons. The van der Waals surface area contributed by atoms with E-state index in [-0.39, 0.29) is 17.8 Å². The lowest BCUT2D eigenvalue weighted by atomic mass is 10.1. The number of fused-ring (bicyclic) bond motifs is 1. The smallest absolute Gasteiger partial charge is 0.255 e. The fourth-order valence-electron chi connectivity index (χ4n) is 2.41. The number of thioether (sulfide) groups is 1. The Bertz CT molecular complexity index is 775. The molecule has 1 atom stereocenters. The van der Waals surface area contributed by atoms with Crippen molar-refractivity contribution in [3.63, 3.8) is 0 Å². The summed E-state index contributed by atoms with van der Waals surface area (Å²) < 4.78 is 10.7. The zero-order chi connectivity index (χ0) is 17.1. The quantitative estimate of drug-likeness (QED) is 0.850. The molecule has 2 amide bonds. The predicted octanol–water partition coefficient (Wildman–Crippen LogP) is 2.40. The maximum atomic E-state index is 11.8. The maximum absolute atomic E-state index is 11.8. The second-order valence-corrected chi connectivity index (χ2v) is 7.14. The Kier molecular flexibility index (Phi) is 4.96. The van der Waals surface area contributed by atoms with Gasteiger partial charge in [-0.1, -0.05) is 6.07 Å². The molecule has 1 unspecified atom stereocenters. The number of methoxy groups -OCH3 is 1. The monoisotopic (exact) mass is 364 g/mol. The number of carbonyl (C=O) groups is 2. The van der Waals surface area contributed by atoms with Crippen molar-refractivity contribution in [2.24, 2.45) is 5.73 Å². The van der Waals surface area contributed by atoms with Gasteiger partial charge in [-0.3, -0.25) is 9.59 Å². The van der Waals surface area contributed by atoms with Crippen molar-refractivity contribution in [3.05, 3.63) is 40.1 Å². The van der Waals surface area contributed by atoms with Crippen molar-refractivity contribution in [1.29, 1.82) is 0 Å². The van der Waals surface area contributed by atoms with Gasteiger partial charge < -0.3 is 20.5 Å². The lowest BCUT2D eigenvalue weighted by molar-refractivity contribution is -0.120. The molecule has 1 aliphatic heterocycles. The Morgan fingerprint density at radius 3 is 2.96 bits per heavy atom. The zero-order valence-corrected chi connectivity index (χ0v) is 14.5. The third-order valence-corrected chi connectivity index (χ3v) is 5.85. The highest BCUT2D eigenvalue weighted by atomic mass is 32.2. The first-order chi connectivity index (χ1) is 11.6. The van der Waals surface area contributed by atoms with E-state index in [2.05, 4.69) is 5.32 Å². The first-order valence-corrected chi connectivity index (χ1v) is 9.09. The van der Waals surface area contributed by atoms with Crippen molar-refractivity contribution >= 4 is 40.6 Å². The number of hydrogen-bond donors (Lipinski definition) is 2. The summed E-state index contributed by atoms with van der Waals surface area (Å²) in [6.45, 7) is -0.207. The van der Waals surface area contributed by atoms with E-state index < -0.39 is 5.91 Å². The molecule has 0 spiro atoms. The number of anilines is 1. The highest BCUT2D eigenvalue weighted by molar-refractivity contribution is 8.00. The Morgan fingerprint density at radius 2 is 2.21 bits per heavy atom. The van der Waals surface area contributed by atoms with E-state index in [1.807, 2.05) is 23.6 Å². The lowest BCUT2D eigenvalue weighted by Crippen LogP contribution is -2.20. The normalized spacial score (nSPS) is 16.7. The van der Waals surface area contributed by atoms with Gasteiger partial charge in [-0.05, 0) is 29.1 Å². The molecule has 6 nitrogen and oxygen atoms in total. The van der Waals surface area contributed by atoms with Crippen LogP contribution in [0.1, 0.15) is 15.7 Å². The van der Waals surface area contributed by atoms with Crippen LogP contribution >= 0.6 is 23.1 Å². The van der Waals surface area contributed by atoms with Crippen LogP contribution in [0.3, 0.4) is 0 Å². The molecule has 0 fully saturated rings. The lowest BCUT2D eigenvalue weighted by Gasteiger charge is -2.17. The van der Waals surface area contributed by atoms with Crippen molar-refractivity contribution in [3.8, 4) is 11.5 Å². The van der Waals surface area contributed by atoms with Crippen LogP contribution in [0.15, 0.2) is 29.6 Å². The van der Waals surface area contributed by atoms with Crippen molar-refractivity contribution in [2.75, 3.05) is 24.8 Å². The number of nitrogens with two attached hydrogens (primary N) is 1. The molecule has 0 saturated carbocycles. The van der Waals surface area contributed by atoms with Gasteiger partial charge in [-0.15, -0.1) is 23.1 Å². The minimum Gasteiger partial charge on any atom is -0.493 e. The van der Waals surface area contributed by atoms with Crippen molar-refractivity contribution in [1.82, 2.24) is 0 Å². The van der Waals surface area contributed by atoms with Crippen LogP contribution in [0.5, 0.6) is 11.5 Å². The van der Waals surface area contributed by atoms with Gasteiger partial charge in [0.15, 0.2) is 18.1 Å². The second kappa shape index (κ2) is 7.14. The number of nitrogens with one attached hydrogen (secondary N) is 1. The Hall–Kier alpha value is -2.19. The number of ether oxygens (including phenoxy) is 2. The Morgan fingerprint density at radius 1 is 1.38 bits per heavy atom. The average Bonchev–Trinajstić information content (AvgIpc) is 2.95. The molecule has 0 bridgehead atoms. The van der Waals surface area contributed by atoms with Crippen LogP contribution in [0, 0.1) is 0 Å². The standard InChI is InChI=1S/C16H16N2O4S2/c1-21-12-6-9(2-3-11(12)22-7-13(17)19)15-16-10(4-5-23-16)18-14(20)8-24-15/h2-6,15H,7-8H2,1H3,(H2,17,19)(H,18,20). The van der Waals surface area contributed by atoms with Gasteiger partial charge in [0.1, 0.15) is 0 Å². The minimum absolute atomic E-state index is 0.00414. The molecule has 2 heterocycles. The topological polar surface area (TPSA) is 90.7 Å². The number of thiophene rings is 1. The van der Waals surface area contributed by atoms with E-state index in [0.717, 1.165) is 16.1 Å². The highest BCUT2D eigenvalue weighted by Gasteiger charge is 2.26. The molecule has 3 N–H and O–H groups in total. The molecule has 24 heavy (non-hydrogen) atoms. The first kappa shape index (κ1) is 16.7. The fourth-order valence-corrected chi connectivity index (χ4v) is 4.65. The van der Waals surface area contributed by atoms with E-state index in [0.29, 0.717) is 17.3 Å². The van der Waals surface area contributed by atoms with E-state index >= 15 is 0 Å². The molecule has 0 aliphatic carbocycles. The van der Waals surface area contributed by atoms with E-state index in [1.54, 1.807) is 29.2 Å². The largest absolute Gasteiger partial charge is 0.493 e. The van der Waals surface area contributed by atoms with Gasteiger partial charge in [-0.2, -0.15) is 0 Å². The number of hydrogen-bond acceptors (Lipinski definition) is 6. The molecule has 0 saturated heterocycles. The number of primary amides is 1. The summed E-state index contributed by atoms with van der Waals surface area (Å²) in [5.41, 5.74) is 6.96. The molecule has 1 aliphatic rings. The fraction of sp³-hybridized carbons (Fsp3) is 0.250. The summed E-state index contributed by atoms with van der Waals surface area (Å²) in [5.74, 6) is 0.813. The molecule has 126 valence electrons. The molecule has 1 aromatic carbocycles. The summed E-state index contributed by atoms with van der Waals surface area (Å²) in [4.78, 5) is 23.8. The van der Waals surface area contributed by atoms with Gasteiger partial charge >= 0.3 is 0 Å². The minimum atomic E-state index is -0.548. The van der Waals surface area contributed by atoms with Gasteiger partial charge in [0.2, 0.25) is 5.91 Å². The Labute approximate surface area is 147 Å².